The third-order valence-corrected chi connectivity index (χ3v) is 9.75. The molecule has 0 aliphatic carbocycles. The lowest BCUT2D eigenvalue weighted by molar-refractivity contribution is 0.0488. The van der Waals surface area contributed by atoms with Crippen LogP contribution in [0, 0.1) is 5.92 Å². The first-order valence-corrected chi connectivity index (χ1v) is 15.2. The molecule has 0 amide bonds. The molecule has 1 atom stereocenters. The molecule has 10 heteroatoms. The largest absolute Gasteiger partial charge is 0.490 e. The molecule has 2 aromatic carbocycles. The van der Waals surface area contributed by atoms with Gasteiger partial charge in [0.05, 0.1) is 12.3 Å². The van der Waals surface area contributed by atoms with Crippen molar-refractivity contribution in [2.75, 3.05) is 24.1 Å². The molecule has 1 unspecified atom stereocenters. The van der Waals surface area contributed by atoms with Gasteiger partial charge in [-0.3, -0.25) is 4.31 Å². The highest BCUT2D eigenvalue weighted by atomic mass is 32.2. The van der Waals surface area contributed by atoms with Gasteiger partial charge >= 0.3 is 0 Å². The molecule has 0 aromatic heterocycles. The van der Waals surface area contributed by atoms with E-state index in [4.69, 9.17) is 14.6 Å². The fourth-order valence-electron chi connectivity index (χ4n) is 4.89. The van der Waals surface area contributed by atoms with Gasteiger partial charge in [0.15, 0.2) is 5.75 Å². The van der Waals surface area contributed by atoms with E-state index in [1.165, 1.54) is 22.5 Å². The minimum Gasteiger partial charge on any atom is -0.490 e. The number of rotatable bonds is 8. The fraction of sp³-hybridized carbons (Fsp3) is 0.520. The van der Waals surface area contributed by atoms with Crippen molar-refractivity contribution in [2.45, 2.75) is 68.2 Å². The van der Waals surface area contributed by atoms with Crippen LogP contribution in [0.15, 0.2) is 46.2 Å². The van der Waals surface area contributed by atoms with Gasteiger partial charge in [0.1, 0.15) is 9.79 Å². The Bertz CT molecular complexity index is 1270. The first-order chi connectivity index (χ1) is 16.7. The molecule has 192 valence electrons. The summed E-state index contributed by atoms with van der Waals surface area (Å²) in [6.45, 7) is 5.40. The predicted molar refractivity (Wildman–Crippen MR) is 135 cm³/mol. The van der Waals surface area contributed by atoms with Crippen LogP contribution < -0.4 is 14.2 Å². The van der Waals surface area contributed by atoms with Crippen LogP contribution in [0.3, 0.4) is 0 Å². The van der Waals surface area contributed by atoms with Crippen LogP contribution in [0.2, 0.25) is 0 Å². The van der Waals surface area contributed by atoms with E-state index in [2.05, 4.69) is 13.0 Å². The average molecular weight is 523 g/mol. The fourth-order valence-corrected chi connectivity index (χ4v) is 7.60. The standard InChI is InChI=1S/C25H34N2O6S2/c1-3-18-8-11-22-20(16-18)9-10-21(4-2)27(22)35(30,31)24-7-5-6-23(34(26,28)29)25(24)33-17-19-12-14-32-15-13-19/h5-8,11,16,19,21H,3-4,9-10,12-15,17H2,1-2H3,(H2,26,28,29). The maximum atomic E-state index is 14.2. The minimum atomic E-state index is -4.22. The molecule has 8 nitrogen and oxygen atoms in total. The van der Waals surface area contributed by atoms with Crippen LogP contribution in [0.5, 0.6) is 5.75 Å². The molecule has 0 saturated carbocycles. The Hall–Kier alpha value is -2.14. The highest BCUT2D eigenvalue weighted by Gasteiger charge is 2.38. The van der Waals surface area contributed by atoms with Crippen molar-refractivity contribution in [3.05, 3.63) is 47.5 Å². The zero-order valence-electron chi connectivity index (χ0n) is 20.3. The third-order valence-electron chi connectivity index (χ3n) is 6.93. The quantitative estimate of drug-likeness (QED) is 0.566. The van der Waals surface area contributed by atoms with Crippen LogP contribution >= 0.6 is 0 Å². The lowest BCUT2D eigenvalue weighted by Crippen LogP contribution is -2.43. The Morgan fingerprint density at radius 1 is 1.03 bits per heavy atom. The minimum absolute atomic E-state index is 0.138. The zero-order chi connectivity index (χ0) is 25.2. The molecule has 4 rings (SSSR count). The summed E-state index contributed by atoms with van der Waals surface area (Å²) in [7, 11) is -8.38. The second-order valence-corrected chi connectivity index (χ2v) is 12.5. The number of anilines is 1. The van der Waals surface area contributed by atoms with E-state index in [1.54, 1.807) is 0 Å². The molecule has 0 bridgehead atoms. The smallest absolute Gasteiger partial charge is 0.268 e. The number of nitrogens with zero attached hydrogens (tertiary/aromatic N) is 1. The Morgan fingerprint density at radius 2 is 1.74 bits per heavy atom. The monoisotopic (exact) mass is 522 g/mol. The van der Waals surface area contributed by atoms with Gasteiger partial charge in [-0.1, -0.05) is 32.0 Å². The summed E-state index contributed by atoms with van der Waals surface area (Å²) in [5, 5.41) is 5.48. The van der Waals surface area contributed by atoms with E-state index in [9.17, 15) is 16.8 Å². The normalized spacial score (nSPS) is 19.4. The number of benzene rings is 2. The topological polar surface area (TPSA) is 116 Å². The molecule has 1 fully saturated rings. The molecular formula is C25H34N2O6S2. The lowest BCUT2D eigenvalue weighted by Gasteiger charge is -2.38. The molecular weight excluding hydrogens is 488 g/mol. The number of hydrogen-bond acceptors (Lipinski definition) is 6. The Labute approximate surface area is 208 Å². The van der Waals surface area contributed by atoms with E-state index in [1.807, 2.05) is 19.1 Å². The number of ether oxygens (including phenoxy) is 2. The van der Waals surface area contributed by atoms with Crippen LogP contribution in [0.4, 0.5) is 5.69 Å². The molecule has 1 saturated heterocycles. The van der Waals surface area contributed by atoms with Crippen molar-refractivity contribution >= 4 is 25.7 Å². The Morgan fingerprint density at radius 3 is 2.40 bits per heavy atom. The number of sulfonamides is 2. The number of primary sulfonamides is 1. The summed E-state index contributed by atoms with van der Waals surface area (Å²) >= 11 is 0. The summed E-state index contributed by atoms with van der Waals surface area (Å²) in [4.78, 5) is -0.501. The van der Waals surface area contributed by atoms with Gasteiger partial charge in [-0.15, -0.1) is 0 Å². The summed E-state index contributed by atoms with van der Waals surface area (Å²) in [5.74, 6) is -0.0620. The third kappa shape index (κ3) is 5.35. The van der Waals surface area contributed by atoms with Crippen molar-refractivity contribution < 1.29 is 26.3 Å². The molecule has 2 aliphatic heterocycles. The first kappa shape index (κ1) is 25.9. The van der Waals surface area contributed by atoms with Crippen LogP contribution in [0.1, 0.15) is 50.7 Å². The number of aryl methyl sites for hydroxylation is 2. The number of para-hydroxylation sites is 1. The van der Waals surface area contributed by atoms with E-state index in [0.717, 1.165) is 36.8 Å². The van der Waals surface area contributed by atoms with Gasteiger partial charge in [0, 0.05) is 19.3 Å². The second-order valence-electron chi connectivity index (χ2n) is 9.21. The lowest BCUT2D eigenvalue weighted by atomic mass is 9.94. The summed E-state index contributed by atoms with van der Waals surface area (Å²) in [6, 6.07) is 9.73. The van der Waals surface area contributed by atoms with Crippen molar-refractivity contribution in [1.29, 1.82) is 0 Å². The highest BCUT2D eigenvalue weighted by Crippen LogP contribution is 2.41. The molecule has 2 heterocycles. The summed E-state index contributed by atoms with van der Waals surface area (Å²) < 4.78 is 66.1. The van der Waals surface area contributed by atoms with Gasteiger partial charge in [0.25, 0.3) is 10.0 Å². The van der Waals surface area contributed by atoms with E-state index in [0.29, 0.717) is 31.7 Å². The molecule has 0 spiro atoms. The van der Waals surface area contributed by atoms with Gasteiger partial charge < -0.3 is 9.47 Å². The van der Waals surface area contributed by atoms with E-state index < -0.39 is 20.0 Å². The van der Waals surface area contributed by atoms with Crippen molar-refractivity contribution in [3.63, 3.8) is 0 Å². The van der Waals surface area contributed by atoms with Crippen molar-refractivity contribution in [3.8, 4) is 5.75 Å². The average Bonchev–Trinajstić information content (AvgIpc) is 2.86. The van der Waals surface area contributed by atoms with E-state index in [-0.39, 0.29) is 34.1 Å². The number of hydrogen-bond donors (Lipinski definition) is 1. The van der Waals surface area contributed by atoms with Gasteiger partial charge in [-0.2, -0.15) is 0 Å². The van der Waals surface area contributed by atoms with Crippen LogP contribution in [0.25, 0.3) is 0 Å². The molecule has 35 heavy (non-hydrogen) atoms. The molecule has 2 N–H and O–H groups in total. The number of nitrogens with two attached hydrogens (primary N) is 1. The van der Waals surface area contributed by atoms with Gasteiger partial charge in [-0.05, 0) is 73.8 Å². The van der Waals surface area contributed by atoms with E-state index >= 15 is 0 Å². The molecule has 0 radical (unpaired) electrons. The maximum Gasteiger partial charge on any atom is 0.268 e. The summed E-state index contributed by atoms with van der Waals surface area (Å²) in [6.07, 6.45) is 4.48. The maximum absolute atomic E-state index is 14.2. The van der Waals surface area contributed by atoms with Crippen LogP contribution in [-0.2, 0) is 37.6 Å². The second kappa shape index (κ2) is 10.5. The SMILES string of the molecule is CCc1ccc2c(c1)CCC(CC)N2S(=O)(=O)c1cccc(S(N)(=O)=O)c1OCC1CCOCC1. The Balaban J connectivity index is 1.82. The van der Waals surface area contributed by atoms with Gasteiger partial charge in [-0.25, -0.2) is 22.0 Å². The first-order valence-electron chi connectivity index (χ1n) is 12.2. The van der Waals surface area contributed by atoms with Crippen LogP contribution in [-0.4, -0.2) is 42.7 Å². The summed E-state index contributed by atoms with van der Waals surface area (Å²) in [5.41, 5.74) is 2.76. The Kier molecular flexibility index (Phi) is 7.75. The predicted octanol–water partition coefficient (Wildman–Crippen LogP) is 3.62. The van der Waals surface area contributed by atoms with Gasteiger partial charge in [0.2, 0.25) is 10.0 Å². The van der Waals surface area contributed by atoms with Crippen molar-refractivity contribution in [1.82, 2.24) is 0 Å². The highest BCUT2D eigenvalue weighted by molar-refractivity contribution is 7.93. The molecule has 2 aromatic rings. The number of fused-ring (bicyclic) bond motifs is 1. The van der Waals surface area contributed by atoms with Crippen molar-refractivity contribution in [2.24, 2.45) is 11.1 Å². The zero-order valence-corrected chi connectivity index (χ0v) is 21.9. The molecule has 2 aliphatic rings.